The predicted octanol–water partition coefficient (Wildman–Crippen LogP) is 2.36. The summed E-state index contributed by atoms with van der Waals surface area (Å²) >= 11 is 0. The Labute approximate surface area is 163 Å². The van der Waals surface area contributed by atoms with E-state index in [0.717, 1.165) is 17.7 Å². The minimum atomic E-state index is -0.222. The molecule has 2 aromatic carbocycles. The number of rotatable bonds is 6. The molecule has 28 heavy (non-hydrogen) atoms. The number of fused-ring (bicyclic) bond motifs is 1. The Kier molecular flexibility index (Phi) is 5.93. The zero-order valence-corrected chi connectivity index (χ0v) is 16.0. The van der Waals surface area contributed by atoms with Crippen molar-refractivity contribution in [2.45, 2.75) is 20.3 Å². The molecule has 1 aliphatic heterocycles. The lowest BCUT2D eigenvalue weighted by Crippen LogP contribution is -2.28. The maximum atomic E-state index is 12.5. The molecular weight excluding hydrogens is 358 g/mol. The summed E-state index contributed by atoms with van der Waals surface area (Å²) in [6.07, 6.45) is 0.744. The number of nitrogens with zero attached hydrogens (tertiary/aromatic N) is 1. The Balaban J connectivity index is 1.61. The van der Waals surface area contributed by atoms with Gasteiger partial charge in [0.2, 0.25) is 5.91 Å². The van der Waals surface area contributed by atoms with Gasteiger partial charge in [-0.15, -0.1) is 0 Å². The second kappa shape index (κ2) is 8.56. The lowest BCUT2D eigenvalue weighted by molar-refractivity contribution is -0.123. The van der Waals surface area contributed by atoms with Gasteiger partial charge in [-0.2, -0.15) is 0 Å². The summed E-state index contributed by atoms with van der Waals surface area (Å²) in [4.78, 5) is 37.3. The molecule has 2 N–H and O–H groups in total. The monoisotopic (exact) mass is 381 g/mol. The standard InChI is InChI=1S/C21H23N3O4/c1-3-22-20(26)13-28-18-7-5-17(6-8-18)23-21(27)16-4-9-19-15(12-16)10-11-24(19)14(2)25/h4-9,12H,3,10-11,13H2,1-2H3,(H,22,26)(H,23,27). The van der Waals surface area contributed by atoms with E-state index in [2.05, 4.69) is 10.6 Å². The van der Waals surface area contributed by atoms with Gasteiger partial charge in [0.15, 0.2) is 6.61 Å². The first-order valence-electron chi connectivity index (χ1n) is 9.20. The highest BCUT2D eigenvalue weighted by Crippen LogP contribution is 2.29. The average Bonchev–Trinajstić information content (AvgIpc) is 3.11. The highest BCUT2D eigenvalue weighted by molar-refractivity contribution is 6.05. The molecule has 0 fully saturated rings. The van der Waals surface area contributed by atoms with Crippen molar-refractivity contribution in [3.05, 3.63) is 53.6 Å². The molecule has 3 amide bonds. The topological polar surface area (TPSA) is 87.7 Å². The molecule has 0 unspecified atom stereocenters. The van der Waals surface area contributed by atoms with Gasteiger partial charge in [-0.05, 0) is 61.4 Å². The minimum absolute atomic E-state index is 0.00503. The number of amides is 3. The molecule has 0 atom stereocenters. The SMILES string of the molecule is CCNC(=O)COc1ccc(NC(=O)c2ccc3c(c2)CCN3C(C)=O)cc1. The number of anilines is 2. The fraction of sp³-hybridized carbons (Fsp3) is 0.286. The summed E-state index contributed by atoms with van der Waals surface area (Å²) in [5, 5.41) is 5.50. The fourth-order valence-electron chi connectivity index (χ4n) is 3.10. The molecule has 1 aliphatic rings. The van der Waals surface area contributed by atoms with Crippen LogP contribution in [0.2, 0.25) is 0 Å². The second-order valence-corrected chi connectivity index (χ2v) is 6.48. The molecule has 0 aliphatic carbocycles. The third-order valence-electron chi connectivity index (χ3n) is 4.47. The average molecular weight is 381 g/mol. The van der Waals surface area contributed by atoms with Gasteiger partial charge in [0, 0.05) is 37.0 Å². The normalized spacial score (nSPS) is 12.3. The molecule has 0 saturated carbocycles. The summed E-state index contributed by atoms with van der Waals surface area (Å²) < 4.78 is 5.39. The van der Waals surface area contributed by atoms with Crippen molar-refractivity contribution in [3.8, 4) is 5.75 Å². The summed E-state index contributed by atoms with van der Waals surface area (Å²) in [5.41, 5.74) is 3.04. The van der Waals surface area contributed by atoms with E-state index in [1.807, 2.05) is 19.1 Å². The summed E-state index contributed by atoms with van der Waals surface area (Å²) in [7, 11) is 0. The number of carbonyl (C=O) groups is 3. The van der Waals surface area contributed by atoms with Crippen LogP contribution in [-0.4, -0.2) is 37.4 Å². The molecule has 0 saturated heterocycles. The van der Waals surface area contributed by atoms with Gasteiger partial charge >= 0.3 is 0 Å². The Morgan fingerprint density at radius 2 is 1.86 bits per heavy atom. The van der Waals surface area contributed by atoms with Gasteiger partial charge in [-0.25, -0.2) is 0 Å². The van der Waals surface area contributed by atoms with E-state index in [4.69, 9.17) is 4.74 Å². The summed E-state index contributed by atoms with van der Waals surface area (Å²) in [5.74, 6) is 0.149. The molecule has 7 nitrogen and oxygen atoms in total. The van der Waals surface area contributed by atoms with E-state index in [1.54, 1.807) is 42.2 Å². The van der Waals surface area contributed by atoms with E-state index in [-0.39, 0.29) is 24.3 Å². The Morgan fingerprint density at radius 1 is 1.11 bits per heavy atom. The predicted molar refractivity (Wildman–Crippen MR) is 107 cm³/mol. The molecule has 146 valence electrons. The van der Waals surface area contributed by atoms with Crippen molar-refractivity contribution in [1.29, 1.82) is 0 Å². The van der Waals surface area contributed by atoms with E-state index < -0.39 is 0 Å². The first-order chi connectivity index (χ1) is 13.5. The number of benzene rings is 2. The summed E-state index contributed by atoms with van der Waals surface area (Å²) in [6.45, 7) is 4.54. The van der Waals surface area contributed by atoms with Crippen molar-refractivity contribution in [3.63, 3.8) is 0 Å². The number of ether oxygens (including phenoxy) is 1. The largest absolute Gasteiger partial charge is 0.484 e. The van der Waals surface area contributed by atoms with Crippen LogP contribution in [0.15, 0.2) is 42.5 Å². The van der Waals surface area contributed by atoms with E-state index in [0.29, 0.717) is 30.1 Å². The van der Waals surface area contributed by atoms with Crippen LogP contribution in [-0.2, 0) is 16.0 Å². The van der Waals surface area contributed by atoms with Crippen molar-refractivity contribution in [2.24, 2.45) is 0 Å². The van der Waals surface area contributed by atoms with Crippen molar-refractivity contribution in [2.75, 3.05) is 29.9 Å². The lowest BCUT2D eigenvalue weighted by atomic mass is 10.1. The fourth-order valence-corrected chi connectivity index (χ4v) is 3.10. The molecule has 1 heterocycles. The van der Waals surface area contributed by atoms with Crippen LogP contribution in [0.5, 0.6) is 5.75 Å². The van der Waals surface area contributed by atoms with Gasteiger partial charge in [0.25, 0.3) is 11.8 Å². The van der Waals surface area contributed by atoms with Crippen molar-refractivity contribution < 1.29 is 19.1 Å². The first kappa shape index (κ1) is 19.4. The lowest BCUT2D eigenvalue weighted by Gasteiger charge is -2.14. The zero-order chi connectivity index (χ0) is 20.1. The summed E-state index contributed by atoms with van der Waals surface area (Å²) in [6, 6.07) is 12.2. The van der Waals surface area contributed by atoms with Gasteiger partial charge in [0.05, 0.1) is 0 Å². The Bertz CT molecular complexity index is 893. The molecule has 7 heteroatoms. The molecular formula is C21H23N3O4. The minimum Gasteiger partial charge on any atom is -0.484 e. The third-order valence-corrected chi connectivity index (χ3v) is 4.47. The first-order valence-corrected chi connectivity index (χ1v) is 9.20. The van der Waals surface area contributed by atoms with Gasteiger partial charge < -0.3 is 20.3 Å². The number of hydrogen-bond acceptors (Lipinski definition) is 4. The Hall–Kier alpha value is -3.35. The number of hydrogen-bond donors (Lipinski definition) is 2. The maximum absolute atomic E-state index is 12.5. The molecule has 3 rings (SSSR count). The van der Waals surface area contributed by atoms with E-state index in [1.165, 1.54) is 0 Å². The zero-order valence-electron chi connectivity index (χ0n) is 16.0. The Morgan fingerprint density at radius 3 is 2.54 bits per heavy atom. The molecule has 0 spiro atoms. The molecule has 2 aromatic rings. The van der Waals surface area contributed by atoms with E-state index in [9.17, 15) is 14.4 Å². The quantitative estimate of drug-likeness (QED) is 0.804. The van der Waals surface area contributed by atoms with Crippen LogP contribution < -0.4 is 20.3 Å². The van der Waals surface area contributed by atoms with Crippen molar-refractivity contribution >= 4 is 29.1 Å². The second-order valence-electron chi connectivity index (χ2n) is 6.48. The highest BCUT2D eigenvalue weighted by Gasteiger charge is 2.23. The smallest absolute Gasteiger partial charge is 0.257 e. The maximum Gasteiger partial charge on any atom is 0.257 e. The van der Waals surface area contributed by atoms with Crippen LogP contribution in [0.1, 0.15) is 29.8 Å². The van der Waals surface area contributed by atoms with Crippen molar-refractivity contribution in [1.82, 2.24) is 5.32 Å². The van der Waals surface area contributed by atoms with Crippen LogP contribution in [0.4, 0.5) is 11.4 Å². The highest BCUT2D eigenvalue weighted by atomic mass is 16.5. The van der Waals surface area contributed by atoms with Gasteiger partial charge in [0.1, 0.15) is 5.75 Å². The third kappa shape index (κ3) is 4.49. The van der Waals surface area contributed by atoms with Crippen LogP contribution in [0.3, 0.4) is 0 Å². The van der Waals surface area contributed by atoms with Gasteiger partial charge in [-0.3, -0.25) is 14.4 Å². The molecule has 0 radical (unpaired) electrons. The molecule has 0 aromatic heterocycles. The van der Waals surface area contributed by atoms with Crippen LogP contribution >= 0.6 is 0 Å². The van der Waals surface area contributed by atoms with Crippen LogP contribution in [0.25, 0.3) is 0 Å². The number of likely N-dealkylation sites (N-methyl/N-ethyl adjacent to an activating group) is 1. The molecule has 0 bridgehead atoms. The van der Waals surface area contributed by atoms with Gasteiger partial charge in [-0.1, -0.05) is 0 Å². The number of carbonyl (C=O) groups excluding carboxylic acids is 3. The number of nitrogens with one attached hydrogen (secondary N) is 2. The van der Waals surface area contributed by atoms with Crippen LogP contribution in [0, 0.1) is 0 Å². The van der Waals surface area contributed by atoms with E-state index >= 15 is 0 Å².